The molecule has 0 bridgehead atoms. The van der Waals surface area contributed by atoms with Crippen molar-refractivity contribution in [3.8, 4) is 27.4 Å². The number of phenols is 1. The second kappa shape index (κ2) is 19.6. The number of anilines is 1. The van der Waals surface area contributed by atoms with Gasteiger partial charge in [-0.05, 0) is 129 Å². The van der Waals surface area contributed by atoms with Crippen LogP contribution in [0.5, 0.6) is 5.75 Å². The van der Waals surface area contributed by atoms with E-state index in [4.69, 9.17) is 9.97 Å². The van der Waals surface area contributed by atoms with Crippen LogP contribution in [0.3, 0.4) is 0 Å². The molecule has 5 aliphatic rings. The second-order valence-corrected chi connectivity index (χ2v) is 23.6. The molecule has 5 N–H and O–H groups in total. The van der Waals surface area contributed by atoms with Crippen LogP contribution in [0.15, 0.2) is 77.3 Å². The number of thiazole rings is 1. The molecule has 6 aromatic rings. The number of fused-ring (bicyclic) bond motifs is 3. The van der Waals surface area contributed by atoms with Crippen LogP contribution in [-0.2, 0) is 27.3 Å². The molecule has 0 radical (unpaired) electrons. The van der Waals surface area contributed by atoms with Crippen molar-refractivity contribution < 1.29 is 24.6 Å². The van der Waals surface area contributed by atoms with Gasteiger partial charge in [0.25, 0.3) is 5.56 Å². The minimum absolute atomic E-state index is 0.0297. The molecular formula is C56H65N11O6S. The maximum atomic E-state index is 14.4. The average molecular weight is 1020 g/mol. The molecule has 74 heavy (non-hydrogen) atoms. The Hall–Kier alpha value is -6.63. The molecule has 1 spiro atoms. The lowest BCUT2D eigenvalue weighted by Crippen LogP contribution is -2.62. The van der Waals surface area contributed by atoms with Gasteiger partial charge in [-0.3, -0.25) is 19.2 Å². The van der Waals surface area contributed by atoms with E-state index in [9.17, 15) is 29.4 Å². The summed E-state index contributed by atoms with van der Waals surface area (Å²) in [6.45, 7) is 12.7. The van der Waals surface area contributed by atoms with Crippen molar-refractivity contribution in [1.29, 1.82) is 0 Å². The maximum Gasteiger partial charge on any atom is 0.253 e. The fourth-order valence-corrected chi connectivity index (χ4v) is 13.2. The van der Waals surface area contributed by atoms with E-state index in [0.29, 0.717) is 54.3 Å². The molecule has 7 heterocycles. The van der Waals surface area contributed by atoms with E-state index in [2.05, 4.69) is 40.6 Å². The van der Waals surface area contributed by atoms with Gasteiger partial charge in [-0.15, -0.1) is 21.5 Å². The topological polar surface area (TPSA) is 223 Å². The van der Waals surface area contributed by atoms with Crippen molar-refractivity contribution in [2.45, 2.75) is 129 Å². The SMILES string of the molecule is Cc1ncsc1-c1ccc([C@H](C)NC(=O)[C@@H]2C[C@@H](O)CN2C(=O)[C@@H](NC(=O)[C@H]2CC3(C2)C[C@H](N2CCC(c4cnc(N5CCc6c(c7cc(-c8ccccc8O)nnc7[nH]c6=O)C5)nc4)CC2)C3)C(C)(C)C)cc1. The van der Waals surface area contributed by atoms with Gasteiger partial charge in [0.15, 0.2) is 5.65 Å². The number of amides is 3. The number of phenolic OH excluding ortho intramolecular Hbond substituents is 1. The first kappa shape index (κ1) is 49.6. The molecule has 11 rings (SSSR count). The number of aryl methyl sites for hydroxylation is 1. The summed E-state index contributed by atoms with van der Waals surface area (Å²) in [7, 11) is 0. The molecule has 0 unspecified atom stereocenters. The number of H-pyrrole nitrogens is 1. The van der Waals surface area contributed by atoms with Crippen LogP contribution in [0.25, 0.3) is 32.7 Å². The second-order valence-electron chi connectivity index (χ2n) is 22.7. The molecule has 4 fully saturated rings. The number of hydrogen-bond donors (Lipinski definition) is 5. The summed E-state index contributed by atoms with van der Waals surface area (Å²) < 4.78 is 0. The number of nitrogens with one attached hydrogen (secondary N) is 3. The van der Waals surface area contributed by atoms with Crippen molar-refractivity contribution in [3.63, 3.8) is 0 Å². The summed E-state index contributed by atoms with van der Waals surface area (Å²) in [5.41, 5.74) is 8.37. The number of aromatic hydroxyl groups is 1. The molecule has 386 valence electrons. The van der Waals surface area contributed by atoms with Crippen LogP contribution in [-0.4, -0.2) is 118 Å². The highest BCUT2D eigenvalue weighted by Crippen LogP contribution is 2.60. The molecule has 2 saturated heterocycles. The van der Waals surface area contributed by atoms with Crippen LogP contribution < -0.4 is 21.1 Å². The number of pyridine rings is 1. The summed E-state index contributed by atoms with van der Waals surface area (Å²) >= 11 is 1.59. The summed E-state index contributed by atoms with van der Waals surface area (Å²) in [6, 6.07) is 15.4. The smallest absolute Gasteiger partial charge is 0.253 e. The van der Waals surface area contributed by atoms with E-state index in [1.165, 1.54) is 4.90 Å². The first-order valence-electron chi connectivity index (χ1n) is 26.1. The number of aliphatic hydroxyl groups excluding tert-OH is 1. The summed E-state index contributed by atoms with van der Waals surface area (Å²) in [5.74, 6) is 0.132. The van der Waals surface area contributed by atoms with E-state index < -0.39 is 23.6 Å². The van der Waals surface area contributed by atoms with Crippen molar-refractivity contribution in [1.82, 2.24) is 50.6 Å². The molecule has 3 amide bonds. The van der Waals surface area contributed by atoms with Gasteiger partial charge in [-0.25, -0.2) is 15.0 Å². The van der Waals surface area contributed by atoms with Gasteiger partial charge in [0.05, 0.1) is 33.9 Å². The highest BCUT2D eigenvalue weighted by Gasteiger charge is 2.57. The number of benzene rings is 2. The highest BCUT2D eigenvalue weighted by molar-refractivity contribution is 7.13. The molecule has 2 aromatic carbocycles. The minimum Gasteiger partial charge on any atom is -0.507 e. The lowest BCUT2D eigenvalue weighted by atomic mass is 9.49. The number of nitrogens with zero attached hydrogens (tertiary/aromatic N) is 8. The molecule has 2 aliphatic carbocycles. The Labute approximate surface area is 434 Å². The zero-order valence-electron chi connectivity index (χ0n) is 42.7. The van der Waals surface area contributed by atoms with Crippen LogP contribution in [0.1, 0.15) is 113 Å². The molecule has 2 saturated carbocycles. The standard InChI is InChI=1S/C56H65N11O6S/c1-31(33-10-12-35(13-11-33)47-32(2)59-30-74-47)60-52(72)45-20-39(68)28-67(45)53(73)48(55(3,4)5)61-50(70)36-22-56(23-36)24-38(25-56)65-17-14-34(15-18-65)37-26-57-54(58-27-37)66-19-16-40-43(29-66)42-21-44(41-8-6-7-9-46(41)69)63-64-49(42)62-51(40)71/h6-13,21,26-27,30-31,34,36,38-39,45,48,68-69H,14-20,22-25,28-29H2,1-5H3,(H,60,72)(H,61,70)(H,62,64,71)/t31-,36-,38-,39+,45-,48+,56?/m0/s1. The number of aromatic amines is 1. The maximum absolute atomic E-state index is 14.4. The predicted octanol–water partition coefficient (Wildman–Crippen LogP) is 6.58. The number of likely N-dealkylation sites (tertiary alicyclic amines) is 2. The van der Waals surface area contributed by atoms with Gasteiger partial charge in [0.1, 0.15) is 17.8 Å². The molecular weight excluding hydrogens is 955 g/mol. The minimum atomic E-state index is -0.859. The fraction of sp³-hybridized carbons (Fsp3) is 0.482. The third-order valence-corrected chi connectivity index (χ3v) is 17.7. The average Bonchev–Trinajstić information content (AvgIpc) is 3.99. The number of rotatable bonds is 11. The Morgan fingerprint density at radius 1 is 0.905 bits per heavy atom. The number of aliphatic hydroxyl groups is 1. The van der Waals surface area contributed by atoms with E-state index in [1.54, 1.807) is 29.5 Å². The number of carbonyl (C=O) groups is 3. The van der Waals surface area contributed by atoms with Crippen LogP contribution >= 0.6 is 11.3 Å². The largest absolute Gasteiger partial charge is 0.507 e. The third-order valence-electron chi connectivity index (χ3n) is 16.7. The Bertz CT molecular complexity index is 3150. The molecule has 3 aliphatic heterocycles. The summed E-state index contributed by atoms with van der Waals surface area (Å²) in [6.07, 6.45) is 9.53. The molecule has 4 atom stereocenters. The first-order chi connectivity index (χ1) is 35.5. The fourth-order valence-electron chi connectivity index (χ4n) is 12.4. The van der Waals surface area contributed by atoms with Crippen LogP contribution in [0.2, 0.25) is 0 Å². The number of piperidine rings is 1. The van der Waals surface area contributed by atoms with Crippen molar-refractivity contribution in [2.24, 2.45) is 16.7 Å². The van der Waals surface area contributed by atoms with Gasteiger partial charge in [-0.1, -0.05) is 57.2 Å². The van der Waals surface area contributed by atoms with Crippen molar-refractivity contribution in [3.05, 3.63) is 111 Å². The third kappa shape index (κ3) is 9.55. The predicted molar refractivity (Wildman–Crippen MR) is 282 cm³/mol. The Morgan fingerprint density at radius 3 is 2.32 bits per heavy atom. The molecule has 4 aromatic heterocycles. The van der Waals surface area contributed by atoms with E-state index in [-0.39, 0.29) is 59.4 Å². The number of hydrogen-bond acceptors (Lipinski definition) is 14. The van der Waals surface area contributed by atoms with E-state index >= 15 is 0 Å². The quantitative estimate of drug-likeness (QED) is 0.0926. The van der Waals surface area contributed by atoms with Gasteiger partial charge >= 0.3 is 0 Å². The number of carbonyl (C=O) groups excluding carboxylic acids is 3. The van der Waals surface area contributed by atoms with Crippen molar-refractivity contribution in [2.75, 3.05) is 31.1 Å². The van der Waals surface area contributed by atoms with Crippen molar-refractivity contribution >= 4 is 46.0 Å². The van der Waals surface area contributed by atoms with E-state index in [0.717, 1.165) is 95.4 Å². The highest BCUT2D eigenvalue weighted by atomic mass is 32.1. The monoisotopic (exact) mass is 1020 g/mol. The zero-order valence-corrected chi connectivity index (χ0v) is 43.5. The Morgan fingerprint density at radius 2 is 1.64 bits per heavy atom. The summed E-state index contributed by atoms with van der Waals surface area (Å²) in [4.78, 5) is 79.4. The van der Waals surface area contributed by atoms with E-state index in [1.807, 2.05) is 88.9 Å². The van der Waals surface area contributed by atoms with Crippen LogP contribution in [0, 0.1) is 23.7 Å². The molecule has 17 nitrogen and oxygen atoms in total. The number of aromatic nitrogens is 6. The van der Waals surface area contributed by atoms with Gasteiger partial charge in [0, 0.05) is 66.9 Å². The first-order valence-corrected chi connectivity index (χ1v) is 27.0. The summed E-state index contributed by atoms with van der Waals surface area (Å²) in [5, 5.41) is 36.9. The number of β-amino-alcohol motifs (C(OH)–C–C–N with tert-alkyl or cyclic N) is 1. The normalized spacial score (nSPS) is 24.0. The van der Waals surface area contributed by atoms with Crippen LogP contribution in [0.4, 0.5) is 5.95 Å². The lowest BCUT2D eigenvalue weighted by Gasteiger charge is -2.60. The molecule has 18 heteroatoms. The Kier molecular flexibility index (Phi) is 13.1. The lowest BCUT2D eigenvalue weighted by molar-refractivity contribution is -0.150. The van der Waals surface area contributed by atoms with Gasteiger partial charge in [-0.2, -0.15) is 0 Å². The zero-order chi connectivity index (χ0) is 51.6. The Balaban J connectivity index is 0.651. The number of para-hydroxylation sites is 1. The van der Waals surface area contributed by atoms with Gasteiger partial charge < -0.3 is 40.5 Å². The van der Waals surface area contributed by atoms with Gasteiger partial charge in [0.2, 0.25) is 23.7 Å².